The van der Waals surface area contributed by atoms with Gasteiger partial charge in [-0.25, -0.2) is 4.98 Å². The van der Waals surface area contributed by atoms with E-state index in [1.54, 1.807) is 7.11 Å². The minimum Gasteiger partial charge on any atom is -0.498 e. The number of imidazole rings is 1. The predicted molar refractivity (Wildman–Crippen MR) is 86.0 cm³/mol. The first-order valence-corrected chi connectivity index (χ1v) is 7.52. The van der Waals surface area contributed by atoms with E-state index in [0.717, 1.165) is 48.1 Å². The van der Waals surface area contributed by atoms with Crippen LogP contribution >= 0.6 is 0 Å². The number of hydrogen-bond donors (Lipinski definition) is 1. The maximum Gasteiger partial charge on any atom is 0.109 e. The molecule has 0 aliphatic carbocycles. The van der Waals surface area contributed by atoms with Gasteiger partial charge in [-0.3, -0.25) is 4.99 Å². The average Bonchev–Trinajstić information content (AvgIpc) is 2.80. The number of ether oxygens (including phenoxy) is 2. The van der Waals surface area contributed by atoms with Crippen molar-refractivity contribution in [1.82, 2.24) is 9.97 Å². The van der Waals surface area contributed by atoms with Gasteiger partial charge in [0, 0.05) is 44.9 Å². The van der Waals surface area contributed by atoms with E-state index in [1.165, 1.54) is 0 Å². The number of hydrogen-bond acceptors (Lipinski definition) is 4. The van der Waals surface area contributed by atoms with Crippen molar-refractivity contribution in [2.45, 2.75) is 40.5 Å². The molecule has 118 valence electrons. The Morgan fingerprint density at radius 1 is 1.29 bits per heavy atom. The van der Waals surface area contributed by atoms with Crippen LogP contribution in [0.2, 0.25) is 0 Å². The van der Waals surface area contributed by atoms with Crippen LogP contribution in [-0.2, 0) is 9.47 Å². The number of aromatic nitrogens is 2. The molecule has 1 rings (SSSR count). The van der Waals surface area contributed by atoms with Crippen molar-refractivity contribution in [3.05, 3.63) is 29.0 Å². The fourth-order valence-electron chi connectivity index (χ4n) is 2.02. The normalized spacial score (nSPS) is 12.8. The molecule has 0 atom stereocenters. The van der Waals surface area contributed by atoms with Gasteiger partial charge >= 0.3 is 0 Å². The zero-order valence-corrected chi connectivity index (χ0v) is 13.8. The van der Waals surface area contributed by atoms with E-state index in [0.29, 0.717) is 13.2 Å². The first-order valence-electron chi connectivity index (χ1n) is 7.52. The third-order valence-electron chi connectivity index (χ3n) is 3.00. The minimum absolute atomic E-state index is 0.658. The quantitative estimate of drug-likeness (QED) is 0.432. The van der Waals surface area contributed by atoms with Gasteiger partial charge in [0.05, 0.1) is 18.1 Å². The largest absolute Gasteiger partial charge is 0.498 e. The molecule has 1 heterocycles. The predicted octanol–water partition coefficient (Wildman–Crippen LogP) is 3.18. The second-order valence-corrected chi connectivity index (χ2v) is 4.81. The second kappa shape index (κ2) is 9.34. The van der Waals surface area contributed by atoms with Gasteiger partial charge in [-0.15, -0.1) is 0 Å². The number of methoxy groups -OCH3 is 1. The molecule has 0 fully saturated rings. The first-order chi connectivity index (χ1) is 10.1. The molecular formula is C16H27N3O2. The highest BCUT2D eigenvalue weighted by molar-refractivity contribution is 6.08. The molecule has 0 bridgehead atoms. The Morgan fingerprint density at radius 3 is 2.57 bits per heavy atom. The number of allylic oxidation sites excluding steroid dienone is 2. The Kier molecular flexibility index (Phi) is 7.75. The van der Waals surface area contributed by atoms with Crippen LogP contribution in [0.25, 0.3) is 0 Å². The highest BCUT2D eigenvalue weighted by Gasteiger charge is 2.10. The van der Waals surface area contributed by atoms with Crippen molar-refractivity contribution < 1.29 is 9.47 Å². The Bertz CT molecular complexity index is 490. The number of nitrogens with one attached hydrogen (secondary N) is 1. The van der Waals surface area contributed by atoms with Gasteiger partial charge in [-0.1, -0.05) is 6.92 Å². The van der Waals surface area contributed by atoms with Crippen LogP contribution < -0.4 is 0 Å². The second-order valence-electron chi connectivity index (χ2n) is 4.81. The highest BCUT2D eigenvalue weighted by Crippen LogP contribution is 2.12. The zero-order chi connectivity index (χ0) is 15.7. The molecule has 0 amide bonds. The van der Waals surface area contributed by atoms with Crippen molar-refractivity contribution in [1.29, 1.82) is 0 Å². The first kappa shape index (κ1) is 17.4. The van der Waals surface area contributed by atoms with Gasteiger partial charge in [-0.05, 0) is 20.8 Å². The Morgan fingerprint density at radius 2 is 2.05 bits per heavy atom. The molecule has 0 aliphatic heterocycles. The lowest BCUT2D eigenvalue weighted by Crippen LogP contribution is -2.05. The van der Waals surface area contributed by atoms with Gasteiger partial charge in [0.25, 0.3) is 0 Å². The number of H-pyrrole nitrogens is 1. The summed E-state index contributed by atoms with van der Waals surface area (Å²) in [4.78, 5) is 12.3. The molecule has 1 aromatic heterocycles. The Hall–Kier alpha value is -1.62. The summed E-state index contributed by atoms with van der Waals surface area (Å²) in [6.07, 6.45) is 3.71. The summed E-state index contributed by atoms with van der Waals surface area (Å²) in [5.41, 5.74) is 2.81. The molecule has 1 aromatic rings. The maximum atomic E-state index is 5.80. The van der Waals surface area contributed by atoms with Crippen LogP contribution in [0.5, 0.6) is 0 Å². The molecule has 0 aliphatic rings. The molecule has 0 unspecified atom stereocenters. The summed E-state index contributed by atoms with van der Waals surface area (Å²) in [6, 6.07) is 0. The fraction of sp³-hybridized carbons (Fsp3) is 0.625. The Labute approximate surface area is 127 Å². The molecule has 1 N–H and O–H groups in total. The van der Waals surface area contributed by atoms with Gasteiger partial charge < -0.3 is 14.5 Å². The standard InChI is InChI=1S/C16H27N3O2/c1-6-14(21-10-8-9-20-5)11-15(17-7-2)16-12(3)18-13(4)19-16/h11H,6-10H2,1-5H3,(H,18,19)/b14-11+,17-15?. The number of aryl methyl sites for hydroxylation is 2. The van der Waals surface area contributed by atoms with E-state index in [4.69, 9.17) is 9.47 Å². The Balaban J connectivity index is 2.86. The van der Waals surface area contributed by atoms with Crippen molar-refractivity contribution in [3.8, 4) is 0 Å². The summed E-state index contributed by atoms with van der Waals surface area (Å²) >= 11 is 0. The van der Waals surface area contributed by atoms with Crippen LogP contribution in [-0.4, -0.2) is 42.5 Å². The third kappa shape index (κ3) is 5.71. The van der Waals surface area contributed by atoms with Crippen LogP contribution in [0.1, 0.15) is 43.9 Å². The van der Waals surface area contributed by atoms with Gasteiger partial charge in [0.15, 0.2) is 0 Å². The molecule has 0 saturated carbocycles. The summed E-state index contributed by atoms with van der Waals surface area (Å²) < 4.78 is 10.8. The molecular weight excluding hydrogens is 266 g/mol. The van der Waals surface area contributed by atoms with Crippen LogP contribution in [0, 0.1) is 13.8 Å². The molecule has 0 spiro atoms. The van der Waals surface area contributed by atoms with E-state index in [9.17, 15) is 0 Å². The van der Waals surface area contributed by atoms with E-state index in [-0.39, 0.29) is 0 Å². The summed E-state index contributed by atoms with van der Waals surface area (Å²) in [5.74, 6) is 1.83. The SMILES string of the molecule is CCN=C(/C=C(\CC)OCCCOC)c1nc(C)[nH]c1C. The van der Waals surface area contributed by atoms with Crippen molar-refractivity contribution in [2.24, 2.45) is 4.99 Å². The van der Waals surface area contributed by atoms with Gasteiger partial charge in [0.1, 0.15) is 11.5 Å². The lowest BCUT2D eigenvalue weighted by Gasteiger charge is -2.09. The van der Waals surface area contributed by atoms with Gasteiger partial charge in [-0.2, -0.15) is 0 Å². The molecule has 0 saturated heterocycles. The van der Waals surface area contributed by atoms with Crippen molar-refractivity contribution >= 4 is 5.71 Å². The monoisotopic (exact) mass is 293 g/mol. The summed E-state index contributed by atoms with van der Waals surface area (Å²) in [7, 11) is 1.70. The van der Waals surface area contributed by atoms with Crippen LogP contribution in [0.15, 0.2) is 16.8 Å². The molecule has 0 aromatic carbocycles. The van der Waals surface area contributed by atoms with E-state index < -0.39 is 0 Å². The smallest absolute Gasteiger partial charge is 0.109 e. The lowest BCUT2D eigenvalue weighted by molar-refractivity contribution is 0.142. The van der Waals surface area contributed by atoms with Crippen molar-refractivity contribution in [3.63, 3.8) is 0 Å². The summed E-state index contributed by atoms with van der Waals surface area (Å²) in [5, 5.41) is 0. The van der Waals surface area contributed by atoms with E-state index in [2.05, 4.69) is 21.9 Å². The number of rotatable bonds is 9. The lowest BCUT2D eigenvalue weighted by atomic mass is 10.2. The van der Waals surface area contributed by atoms with Gasteiger partial charge in [0.2, 0.25) is 0 Å². The van der Waals surface area contributed by atoms with E-state index >= 15 is 0 Å². The number of aliphatic imine (C=N–C) groups is 1. The van der Waals surface area contributed by atoms with Crippen LogP contribution in [0.4, 0.5) is 0 Å². The fourth-order valence-corrected chi connectivity index (χ4v) is 2.02. The zero-order valence-electron chi connectivity index (χ0n) is 13.8. The van der Waals surface area contributed by atoms with Crippen LogP contribution in [0.3, 0.4) is 0 Å². The topological polar surface area (TPSA) is 59.5 Å². The molecule has 0 radical (unpaired) electrons. The third-order valence-corrected chi connectivity index (χ3v) is 3.00. The van der Waals surface area contributed by atoms with Crippen molar-refractivity contribution in [2.75, 3.05) is 26.9 Å². The number of nitrogens with zero attached hydrogens (tertiary/aromatic N) is 2. The van der Waals surface area contributed by atoms with E-state index in [1.807, 2.05) is 26.8 Å². The average molecular weight is 293 g/mol. The number of aromatic amines is 1. The molecule has 5 nitrogen and oxygen atoms in total. The minimum atomic E-state index is 0.658. The summed E-state index contributed by atoms with van der Waals surface area (Å²) in [6.45, 7) is 10.2. The highest BCUT2D eigenvalue weighted by atomic mass is 16.5. The maximum absolute atomic E-state index is 5.80. The molecule has 21 heavy (non-hydrogen) atoms. The molecule has 5 heteroatoms.